The van der Waals surface area contributed by atoms with E-state index in [4.69, 9.17) is 0 Å². The van der Waals surface area contributed by atoms with Gasteiger partial charge >= 0.3 is 0 Å². The van der Waals surface area contributed by atoms with Crippen LogP contribution < -0.4 is 31.1 Å². The largest absolute Gasteiger partial charge is 0.311 e. The molecule has 3 nitrogen and oxygen atoms in total. The number of nitrogens with zero attached hydrogens (tertiary/aromatic N) is 3. The SMILES string of the molecule is Cc1ccc2c(c1)B1c3c(cccc3N2c2ccccc2-c2ccccc2)N(c2ccccc2)c2cc(N(c3ccccc3)c3ccccc3)c3ccccc3c21. The van der Waals surface area contributed by atoms with Crippen molar-refractivity contribution in [3.63, 3.8) is 0 Å². The molecule has 2 aliphatic heterocycles. The molecule has 0 unspecified atom stereocenters. The van der Waals surface area contributed by atoms with E-state index in [0.29, 0.717) is 0 Å². The number of fused-ring (bicyclic) bond motifs is 6. The maximum atomic E-state index is 2.52. The van der Waals surface area contributed by atoms with E-state index >= 15 is 0 Å². The highest BCUT2D eigenvalue weighted by Crippen LogP contribution is 2.49. The van der Waals surface area contributed by atoms with Crippen LogP contribution in [0.1, 0.15) is 5.56 Å². The smallest absolute Gasteiger partial charge is 0.252 e. The highest BCUT2D eigenvalue weighted by atomic mass is 15.2. The van der Waals surface area contributed by atoms with Crippen LogP contribution in [0.2, 0.25) is 0 Å². The molecule has 57 heavy (non-hydrogen) atoms. The minimum atomic E-state index is -0.0120. The van der Waals surface area contributed by atoms with Crippen molar-refractivity contribution in [2.24, 2.45) is 0 Å². The molecule has 268 valence electrons. The minimum absolute atomic E-state index is 0.0120. The fraction of sp³-hybridized carbons (Fsp3) is 0.0189. The summed E-state index contributed by atoms with van der Waals surface area (Å²) in [4.78, 5) is 7.44. The molecule has 2 heterocycles. The van der Waals surface area contributed by atoms with E-state index in [9.17, 15) is 0 Å². The zero-order valence-corrected chi connectivity index (χ0v) is 31.6. The second-order valence-corrected chi connectivity index (χ2v) is 15.0. The topological polar surface area (TPSA) is 9.72 Å². The van der Waals surface area contributed by atoms with Gasteiger partial charge in [0.15, 0.2) is 0 Å². The number of benzene rings is 9. The van der Waals surface area contributed by atoms with Gasteiger partial charge in [-0.05, 0) is 101 Å². The molecular formula is C53H38BN3. The van der Waals surface area contributed by atoms with Gasteiger partial charge < -0.3 is 14.7 Å². The fourth-order valence-corrected chi connectivity index (χ4v) is 9.31. The maximum absolute atomic E-state index is 2.52. The fourth-order valence-electron chi connectivity index (χ4n) is 9.31. The van der Waals surface area contributed by atoms with Crippen LogP contribution in [0.3, 0.4) is 0 Å². The second-order valence-electron chi connectivity index (χ2n) is 15.0. The molecule has 9 aromatic rings. The molecule has 0 fully saturated rings. The summed E-state index contributed by atoms with van der Waals surface area (Å²) < 4.78 is 0. The molecule has 0 aromatic heterocycles. The lowest BCUT2D eigenvalue weighted by Gasteiger charge is -2.45. The Morgan fingerprint density at radius 1 is 0.404 bits per heavy atom. The number of hydrogen-bond acceptors (Lipinski definition) is 3. The van der Waals surface area contributed by atoms with Gasteiger partial charge in [-0.2, -0.15) is 0 Å². The molecule has 0 atom stereocenters. The summed E-state index contributed by atoms with van der Waals surface area (Å²) in [5.41, 5.74) is 18.1. The van der Waals surface area contributed by atoms with E-state index < -0.39 is 0 Å². The average Bonchev–Trinajstić information content (AvgIpc) is 3.28. The third-order valence-electron chi connectivity index (χ3n) is 11.7. The molecule has 0 saturated carbocycles. The Balaban J connectivity index is 1.25. The number of hydrogen-bond donors (Lipinski definition) is 0. The van der Waals surface area contributed by atoms with Gasteiger partial charge in [-0.1, -0.05) is 151 Å². The molecule has 0 bridgehead atoms. The van der Waals surface area contributed by atoms with Crippen LogP contribution in [0.15, 0.2) is 212 Å². The Bertz CT molecular complexity index is 2890. The summed E-state index contributed by atoms with van der Waals surface area (Å²) in [5, 5.41) is 2.46. The van der Waals surface area contributed by atoms with Crippen LogP contribution in [0.25, 0.3) is 21.9 Å². The molecule has 0 aliphatic carbocycles. The van der Waals surface area contributed by atoms with Gasteiger partial charge in [0.2, 0.25) is 0 Å². The van der Waals surface area contributed by atoms with Crippen LogP contribution in [0, 0.1) is 6.92 Å². The molecular weight excluding hydrogens is 689 g/mol. The van der Waals surface area contributed by atoms with Crippen LogP contribution in [-0.4, -0.2) is 6.71 Å². The summed E-state index contributed by atoms with van der Waals surface area (Å²) >= 11 is 0. The lowest BCUT2D eigenvalue weighted by atomic mass is 9.33. The van der Waals surface area contributed by atoms with Gasteiger partial charge in [0, 0.05) is 50.8 Å². The van der Waals surface area contributed by atoms with E-state index in [1.165, 1.54) is 72.3 Å². The zero-order valence-electron chi connectivity index (χ0n) is 31.6. The van der Waals surface area contributed by atoms with Crippen LogP contribution >= 0.6 is 0 Å². The van der Waals surface area contributed by atoms with Crippen LogP contribution in [0.5, 0.6) is 0 Å². The minimum Gasteiger partial charge on any atom is -0.311 e. The standard InChI is InChI=1S/C53H38BN3/c1-37-33-34-47-45(35-37)54-52-44-29-15-14-28-43(44)50(55(39-21-8-3-9-22-39)40-23-10-4-11-24-40)36-51(52)56(41-25-12-5-13-26-41)48-31-18-32-49(53(48)54)57(47)46-30-17-16-27-42(46)38-19-6-2-7-20-38/h2-36H,1H3. The lowest BCUT2D eigenvalue weighted by Crippen LogP contribution is -2.61. The molecule has 4 heteroatoms. The van der Waals surface area contributed by atoms with Gasteiger partial charge in [-0.25, -0.2) is 0 Å². The lowest BCUT2D eigenvalue weighted by molar-refractivity contribution is 1.24. The summed E-state index contributed by atoms with van der Waals surface area (Å²) in [5.74, 6) is 0. The summed E-state index contributed by atoms with van der Waals surface area (Å²) in [7, 11) is 0. The summed E-state index contributed by atoms with van der Waals surface area (Å²) in [6.45, 7) is 2.21. The summed E-state index contributed by atoms with van der Waals surface area (Å²) in [6, 6.07) is 77.5. The first kappa shape index (κ1) is 33.1. The Labute approximate surface area is 334 Å². The van der Waals surface area contributed by atoms with Crippen molar-refractivity contribution in [1.82, 2.24) is 0 Å². The number of para-hydroxylation sites is 4. The zero-order chi connectivity index (χ0) is 37.9. The molecule has 0 amide bonds. The Morgan fingerprint density at radius 3 is 1.67 bits per heavy atom. The van der Waals surface area contributed by atoms with Crippen molar-refractivity contribution in [3.8, 4) is 11.1 Å². The predicted octanol–water partition coefficient (Wildman–Crippen LogP) is 12.4. The number of anilines is 9. The van der Waals surface area contributed by atoms with E-state index in [-0.39, 0.29) is 6.71 Å². The monoisotopic (exact) mass is 727 g/mol. The predicted molar refractivity (Wildman–Crippen MR) is 243 cm³/mol. The van der Waals surface area contributed by atoms with Gasteiger partial charge in [-0.15, -0.1) is 0 Å². The molecule has 0 saturated heterocycles. The highest BCUT2D eigenvalue weighted by Gasteiger charge is 2.44. The van der Waals surface area contributed by atoms with E-state index in [0.717, 1.165) is 22.7 Å². The van der Waals surface area contributed by atoms with E-state index in [1.807, 2.05) is 0 Å². The van der Waals surface area contributed by atoms with Gasteiger partial charge in [0.25, 0.3) is 6.71 Å². The molecule has 0 spiro atoms. The maximum Gasteiger partial charge on any atom is 0.252 e. The Morgan fingerprint density at radius 2 is 0.965 bits per heavy atom. The van der Waals surface area contributed by atoms with Gasteiger partial charge in [0.05, 0.1) is 11.4 Å². The Hall–Kier alpha value is -7.30. The quantitative estimate of drug-likeness (QED) is 0.158. The summed E-state index contributed by atoms with van der Waals surface area (Å²) in [6.07, 6.45) is 0. The van der Waals surface area contributed by atoms with Gasteiger partial charge in [-0.3, -0.25) is 0 Å². The van der Waals surface area contributed by atoms with Crippen molar-refractivity contribution in [3.05, 3.63) is 218 Å². The first-order valence-corrected chi connectivity index (χ1v) is 19.7. The third kappa shape index (κ3) is 5.29. The molecule has 11 rings (SSSR count). The molecule has 9 aromatic carbocycles. The van der Waals surface area contributed by atoms with Crippen molar-refractivity contribution in [2.75, 3.05) is 14.7 Å². The first-order valence-electron chi connectivity index (χ1n) is 19.7. The number of aryl methyl sites for hydroxylation is 1. The van der Waals surface area contributed by atoms with Crippen molar-refractivity contribution >= 4 is 85.1 Å². The number of rotatable bonds is 6. The Kier molecular flexibility index (Phi) is 7.82. The van der Waals surface area contributed by atoms with Crippen LogP contribution in [0.4, 0.5) is 51.2 Å². The molecule has 0 N–H and O–H groups in total. The van der Waals surface area contributed by atoms with Crippen molar-refractivity contribution in [1.29, 1.82) is 0 Å². The van der Waals surface area contributed by atoms with E-state index in [1.54, 1.807) is 0 Å². The third-order valence-corrected chi connectivity index (χ3v) is 11.7. The normalized spacial score (nSPS) is 12.5. The van der Waals surface area contributed by atoms with E-state index in [2.05, 4.69) is 234 Å². The highest BCUT2D eigenvalue weighted by molar-refractivity contribution is 7.01. The molecule has 2 aliphatic rings. The average molecular weight is 728 g/mol. The van der Waals surface area contributed by atoms with Crippen molar-refractivity contribution in [2.45, 2.75) is 6.92 Å². The molecule has 0 radical (unpaired) electrons. The van der Waals surface area contributed by atoms with Gasteiger partial charge in [0.1, 0.15) is 0 Å². The first-order chi connectivity index (χ1) is 28.2. The second kappa shape index (κ2) is 13.5. The van der Waals surface area contributed by atoms with Crippen LogP contribution in [-0.2, 0) is 0 Å². The van der Waals surface area contributed by atoms with Crippen molar-refractivity contribution < 1.29 is 0 Å².